The van der Waals surface area contributed by atoms with Crippen LogP contribution in [0.1, 0.15) is 12.6 Å². The van der Waals surface area contributed by atoms with Gasteiger partial charge in [0.1, 0.15) is 5.82 Å². The van der Waals surface area contributed by atoms with Gasteiger partial charge < -0.3 is 5.73 Å². The number of nitrogens with two attached hydrogens (primary N) is 1. The highest BCUT2D eigenvalue weighted by molar-refractivity contribution is 7.99. The van der Waals surface area contributed by atoms with Crippen LogP contribution in [0.2, 0.25) is 0 Å². The molecule has 0 aliphatic carbocycles. The summed E-state index contributed by atoms with van der Waals surface area (Å²) >= 11 is 2.03. The first-order chi connectivity index (χ1) is 7.25. The van der Waals surface area contributed by atoms with E-state index in [1.165, 1.54) is 11.5 Å². The number of anilines is 1. The molecule has 1 saturated heterocycles. The predicted molar refractivity (Wildman–Crippen MR) is 65.8 cm³/mol. The monoisotopic (exact) mass is 223 g/mol. The van der Waals surface area contributed by atoms with Crippen LogP contribution >= 0.6 is 11.8 Å². The van der Waals surface area contributed by atoms with E-state index in [0.29, 0.717) is 11.9 Å². The highest BCUT2D eigenvalue weighted by atomic mass is 32.2. The van der Waals surface area contributed by atoms with E-state index < -0.39 is 0 Å². The number of hydrogen-bond acceptors (Lipinski definition) is 4. The normalized spacial score (nSPS) is 22.9. The first kappa shape index (κ1) is 10.8. The number of thioether (sulfide) groups is 1. The van der Waals surface area contributed by atoms with Gasteiger partial charge in [0.15, 0.2) is 0 Å². The van der Waals surface area contributed by atoms with Crippen molar-refractivity contribution >= 4 is 17.6 Å². The maximum atomic E-state index is 5.66. The zero-order valence-corrected chi connectivity index (χ0v) is 9.83. The van der Waals surface area contributed by atoms with Gasteiger partial charge in [-0.2, -0.15) is 11.8 Å². The fourth-order valence-electron chi connectivity index (χ4n) is 1.79. The van der Waals surface area contributed by atoms with E-state index in [4.69, 9.17) is 5.73 Å². The van der Waals surface area contributed by atoms with Gasteiger partial charge >= 0.3 is 0 Å². The van der Waals surface area contributed by atoms with Crippen LogP contribution in [-0.2, 0) is 6.54 Å². The summed E-state index contributed by atoms with van der Waals surface area (Å²) < 4.78 is 0. The summed E-state index contributed by atoms with van der Waals surface area (Å²) in [5.41, 5.74) is 6.74. The van der Waals surface area contributed by atoms with Gasteiger partial charge in [0.2, 0.25) is 0 Å². The molecule has 0 amide bonds. The fraction of sp³-hybridized carbons (Fsp3) is 0.545. The molecule has 2 heterocycles. The Kier molecular flexibility index (Phi) is 3.49. The van der Waals surface area contributed by atoms with Crippen molar-refractivity contribution in [2.24, 2.45) is 0 Å². The van der Waals surface area contributed by atoms with Gasteiger partial charge in [-0.3, -0.25) is 4.90 Å². The van der Waals surface area contributed by atoms with Gasteiger partial charge in [-0.25, -0.2) is 4.98 Å². The molecule has 0 bridgehead atoms. The Hall–Kier alpha value is -0.740. The third-order valence-electron chi connectivity index (χ3n) is 2.70. The molecule has 15 heavy (non-hydrogen) atoms. The second-order valence-corrected chi connectivity index (χ2v) is 5.10. The zero-order valence-electron chi connectivity index (χ0n) is 9.02. The van der Waals surface area contributed by atoms with Gasteiger partial charge in [0.05, 0.1) is 5.69 Å². The molecule has 4 heteroatoms. The van der Waals surface area contributed by atoms with Crippen LogP contribution in [0.5, 0.6) is 0 Å². The maximum absolute atomic E-state index is 5.66. The Morgan fingerprint density at radius 3 is 3.20 bits per heavy atom. The third kappa shape index (κ3) is 2.86. The largest absolute Gasteiger partial charge is 0.384 e. The molecule has 1 aromatic rings. The molecule has 0 saturated carbocycles. The van der Waals surface area contributed by atoms with Crippen LogP contribution < -0.4 is 5.73 Å². The Morgan fingerprint density at radius 2 is 2.47 bits per heavy atom. The van der Waals surface area contributed by atoms with E-state index in [9.17, 15) is 0 Å². The minimum atomic E-state index is 0.617. The summed E-state index contributed by atoms with van der Waals surface area (Å²) in [6, 6.07) is 6.50. The Balaban J connectivity index is 2.01. The lowest BCUT2D eigenvalue weighted by molar-refractivity contribution is 0.221. The molecule has 0 radical (unpaired) electrons. The summed E-state index contributed by atoms with van der Waals surface area (Å²) in [5, 5.41) is 0. The van der Waals surface area contributed by atoms with Crippen molar-refractivity contribution in [3.05, 3.63) is 23.9 Å². The Morgan fingerprint density at radius 1 is 1.60 bits per heavy atom. The van der Waals surface area contributed by atoms with Gasteiger partial charge in [0, 0.05) is 30.6 Å². The second kappa shape index (κ2) is 4.86. The van der Waals surface area contributed by atoms with Crippen LogP contribution in [-0.4, -0.2) is 34.0 Å². The van der Waals surface area contributed by atoms with Crippen molar-refractivity contribution in [3.8, 4) is 0 Å². The van der Waals surface area contributed by atoms with Crippen molar-refractivity contribution in [1.82, 2.24) is 9.88 Å². The number of hydrogen-bond donors (Lipinski definition) is 1. The molecule has 3 nitrogen and oxygen atoms in total. The summed E-state index contributed by atoms with van der Waals surface area (Å²) in [4.78, 5) is 6.80. The number of nitrogen functional groups attached to an aromatic ring is 1. The Labute approximate surface area is 95.1 Å². The maximum Gasteiger partial charge on any atom is 0.123 e. The van der Waals surface area contributed by atoms with Gasteiger partial charge in [-0.1, -0.05) is 6.07 Å². The lowest BCUT2D eigenvalue weighted by atomic mass is 10.2. The van der Waals surface area contributed by atoms with Crippen LogP contribution in [0.15, 0.2) is 18.2 Å². The van der Waals surface area contributed by atoms with E-state index in [-0.39, 0.29) is 0 Å². The molecule has 2 N–H and O–H groups in total. The predicted octanol–water partition coefficient (Wildman–Crippen LogP) is 1.60. The molecule has 0 aromatic carbocycles. The minimum absolute atomic E-state index is 0.617. The quantitative estimate of drug-likeness (QED) is 0.827. The highest BCUT2D eigenvalue weighted by Gasteiger charge is 2.18. The summed E-state index contributed by atoms with van der Waals surface area (Å²) in [6.45, 7) is 4.35. The van der Waals surface area contributed by atoms with Gasteiger partial charge in [-0.05, 0) is 19.1 Å². The van der Waals surface area contributed by atoms with E-state index in [1.54, 1.807) is 0 Å². The van der Waals surface area contributed by atoms with E-state index in [2.05, 4.69) is 16.8 Å². The van der Waals surface area contributed by atoms with Crippen molar-refractivity contribution in [1.29, 1.82) is 0 Å². The average molecular weight is 223 g/mol. The van der Waals surface area contributed by atoms with Crippen molar-refractivity contribution in [2.45, 2.75) is 19.5 Å². The van der Waals surface area contributed by atoms with Gasteiger partial charge in [-0.15, -0.1) is 0 Å². The minimum Gasteiger partial charge on any atom is -0.384 e. The first-order valence-electron chi connectivity index (χ1n) is 5.29. The standard InChI is InChI=1S/C11H17N3S/c1-9-8-15-6-5-14(9)7-10-3-2-4-11(12)13-10/h2-4,9H,5-8H2,1H3,(H2,12,13). The molecule has 1 aliphatic heterocycles. The molecule has 1 unspecified atom stereocenters. The number of pyridine rings is 1. The average Bonchev–Trinajstić information content (AvgIpc) is 2.22. The van der Waals surface area contributed by atoms with Crippen LogP contribution in [0, 0.1) is 0 Å². The van der Waals surface area contributed by atoms with Crippen molar-refractivity contribution in [3.63, 3.8) is 0 Å². The lowest BCUT2D eigenvalue weighted by Crippen LogP contribution is -2.39. The fourth-order valence-corrected chi connectivity index (χ4v) is 2.87. The zero-order chi connectivity index (χ0) is 10.7. The molecular formula is C11H17N3S. The molecule has 1 aliphatic rings. The Bertz CT molecular complexity index is 329. The number of aromatic nitrogens is 1. The van der Waals surface area contributed by atoms with E-state index >= 15 is 0 Å². The molecule has 1 fully saturated rings. The summed E-state index contributed by atoms with van der Waals surface area (Å²) in [6.07, 6.45) is 0. The summed E-state index contributed by atoms with van der Waals surface area (Å²) in [5.74, 6) is 3.07. The third-order valence-corrected chi connectivity index (χ3v) is 3.89. The molecule has 0 spiro atoms. The van der Waals surface area contributed by atoms with Gasteiger partial charge in [0.25, 0.3) is 0 Å². The smallest absolute Gasteiger partial charge is 0.123 e. The molecular weight excluding hydrogens is 206 g/mol. The van der Waals surface area contributed by atoms with Crippen molar-refractivity contribution < 1.29 is 0 Å². The first-order valence-corrected chi connectivity index (χ1v) is 6.44. The van der Waals surface area contributed by atoms with Crippen LogP contribution in [0.3, 0.4) is 0 Å². The molecule has 82 valence electrons. The SMILES string of the molecule is CC1CSCCN1Cc1cccc(N)n1. The topological polar surface area (TPSA) is 42.1 Å². The number of rotatable bonds is 2. The van der Waals surface area contributed by atoms with Crippen LogP contribution in [0.25, 0.3) is 0 Å². The molecule has 1 atom stereocenters. The molecule has 2 rings (SSSR count). The van der Waals surface area contributed by atoms with Crippen LogP contribution in [0.4, 0.5) is 5.82 Å². The number of nitrogens with zero attached hydrogens (tertiary/aromatic N) is 2. The van der Waals surface area contributed by atoms with E-state index in [0.717, 1.165) is 18.8 Å². The van der Waals surface area contributed by atoms with E-state index in [1.807, 2.05) is 30.0 Å². The van der Waals surface area contributed by atoms with Crippen molar-refractivity contribution in [2.75, 3.05) is 23.8 Å². The second-order valence-electron chi connectivity index (χ2n) is 3.95. The summed E-state index contributed by atoms with van der Waals surface area (Å²) in [7, 11) is 0. The highest BCUT2D eigenvalue weighted by Crippen LogP contribution is 2.18. The molecule has 1 aromatic heterocycles. The lowest BCUT2D eigenvalue weighted by Gasteiger charge is -2.32.